The van der Waals surface area contributed by atoms with E-state index in [1.54, 1.807) is 28.9 Å². The predicted molar refractivity (Wildman–Crippen MR) is 125 cm³/mol. The molecule has 0 unspecified atom stereocenters. The van der Waals surface area contributed by atoms with E-state index in [2.05, 4.69) is 21.8 Å². The standard InChI is InChI=1S/C23H28N4O2S2/c1-2-21-25-19-4-3-16(15-20(19)31-21)22(28)27-10-5-17(6-11-27)26-12-7-18(8-13-26)29-23-24-9-14-30-23/h3-4,9,14-15,17-18H,2,5-8,10-13H2,1H3. The van der Waals surface area contributed by atoms with Crippen molar-refractivity contribution in [3.63, 3.8) is 0 Å². The maximum Gasteiger partial charge on any atom is 0.273 e. The molecule has 1 aromatic carbocycles. The molecule has 1 amide bonds. The van der Waals surface area contributed by atoms with E-state index >= 15 is 0 Å². The first kappa shape index (κ1) is 20.8. The van der Waals surface area contributed by atoms with E-state index in [1.165, 1.54) is 0 Å². The van der Waals surface area contributed by atoms with Crippen LogP contribution in [0.1, 0.15) is 48.0 Å². The molecule has 2 aliphatic rings. The topological polar surface area (TPSA) is 58.6 Å². The van der Waals surface area contributed by atoms with Crippen LogP contribution >= 0.6 is 22.7 Å². The molecule has 164 valence electrons. The van der Waals surface area contributed by atoms with Gasteiger partial charge in [-0.1, -0.05) is 18.3 Å². The highest BCUT2D eigenvalue weighted by Gasteiger charge is 2.30. The number of nitrogens with zero attached hydrogens (tertiary/aromatic N) is 4. The van der Waals surface area contributed by atoms with E-state index in [0.29, 0.717) is 6.04 Å². The van der Waals surface area contributed by atoms with Crippen molar-refractivity contribution < 1.29 is 9.53 Å². The van der Waals surface area contributed by atoms with E-state index in [-0.39, 0.29) is 12.0 Å². The second kappa shape index (κ2) is 9.22. The number of rotatable bonds is 5. The Kier molecular flexibility index (Phi) is 6.20. The van der Waals surface area contributed by atoms with Crippen LogP contribution in [0.2, 0.25) is 0 Å². The minimum Gasteiger partial charge on any atom is -0.467 e. The number of hydrogen-bond acceptors (Lipinski definition) is 7. The van der Waals surface area contributed by atoms with Crippen molar-refractivity contribution in [1.29, 1.82) is 0 Å². The van der Waals surface area contributed by atoms with Gasteiger partial charge in [-0.15, -0.1) is 11.3 Å². The molecule has 0 aliphatic carbocycles. The highest BCUT2D eigenvalue weighted by molar-refractivity contribution is 7.18. The summed E-state index contributed by atoms with van der Waals surface area (Å²) in [5.41, 5.74) is 1.79. The summed E-state index contributed by atoms with van der Waals surface area (Å²) in [5.74, 6) is 0.155. The number of thiazole rings is 2. The molecular formula is C23H28N4O2S2. The maximum atomic E-state index is 13.1. The van der Waals surface area contributed by atoms with E-state index in [9.17, 15) is 4.79 Å². The van der Waals surface area contributed by atoms with Crippen molar-refractivity contribution in [1.82, 2.24) is 19.8 Å². The van der Waals surface area contributed by atoms with Gasteiger partial charge in [-0.3, -0.25) is 9.69 Å². The minimum atomic E-state index is 0.155. The third kappa shape index (κ3) is 4.61. The van der Waals surface area contributed by atoms with Gasteiger partial charge in [-0.05, 0) is 50.3 Å². The fourth-order valence-electron chi connectivity index (χ4n) is 4.64. The van der Waals surface area contributed by atoms with Crippen LogP contribution in [-0.4, -0.2) is 64.0 Å². The zero-order chi connectivity index (χ0) is 21.2. The summed E-state index contributed by atoms with van der Waals surface area (Å²) >= 11 is 3.26. The third-order valence-electron chi connectivity index (χ3n) is 6.40. The van der Waals surface area contributed by atoms with Crippen molar-refractivity contribution in [3.8, 4) is 5.19 Å². The quantitative estimate of drug-likeness (QED) is 0.567. The van der Waals surface area contributed by atoms with E-state index < -0.39 is 0 Å². The molecule has 8 heteroatoms. The van der Waals surface area contributed by atoms with E-state index in [1.807, 2.05) is 28.5 Å². The largest absolute Gasteiger partial charge is 0.467 e. The third-order valence-corrected chi connectivity index (χ3v) is 8.23. The van der Waals surface area contributed by atoms with Crippen LogP contribution in [0.3, 0.4) is 0 Å². The predicted octanol–water partition coefficient (Wildman–Crippen LogP) is 4.46. The van der Waals surface area contributed by atoms with Gasteiger partial charge in [0.15, 0.2) is 0 Å². The lowest BCUT2D eigenvalue weighted by atomic mass is 9.98. The second-order valence-electron chi connectivity index (χ2n) is 8.32. The molecule has 0 atom stereocenters. The fraction of sp³-hybridized carbons (Fsp3) is 0.522. The SMILES string of the molecule is CCc1nc2ccc(C(=O)N3CCC(N4CCC(Oc5nccs5)CC4)CC3)cc2s1. The highest BCUT2D eigenvalue weighted by atomic mass is 32.1. The van der Waals surface area contributed by atoms with Crippen LogP contribution in [0.15, 0.2) is 29.8 Å². The van der Waals surface area contributed by atoms with Crippen molar-refractivity contribution in [2.45, 2.75) is 51.2 Å². The summed E-state index contributed by atoms with van der Waals surface area (Å²) < 4.78 is 7.10. The molecule has 5 rings (SSSR count). The number of amides is 1. The zero-order valence-electron chi connectivity index (χ0n) is 17.8. The first-order chi connectivity index (χ1) is 15.2. The molecular weight excluding hydrogens is 428 g/mol. The second-order valence-corrected chi connectivity index (χ2v) is 10.3. The maximum absolute atomic E-state index is 13.1. The van der Waals surface area contributed by atoms with Gasteiger partial charge in [-0.2, -0.15) is 0 Å². The molecule has 4 heterocycles. The molecule has 2 fully saturated rings. The molecule has 0 bridgehead atoms. The molecule has 2 aromatic heterocycles. The lowest BCUT2D eigenvalue weighted by Gasteiger charge is -2.41. The number of aryl methyl sites for hydroxylation is 1. The van der Waals surface area contributed by atoms with E-state index in [0.717, 1.165) is 84.3 Å². The summed E-state index contributed by atoms with van der Waals surface area (Å²) in [7, 11) is 0. The number of aromatic nitrogens is 2. The molecule has 2 saturated heterocycles. The number of benzene rings is 1. The Labute approximate surface area is 190 Å². The first-order valence-electron chi connectivity index (χ1n) is 11.2. The van der Waals surface area contributed by atoms with Gasteiger partial charge in [0.1, 0.15) is 6.10 Å². The van der Waals surface area contributed by atoms with Gasteiger partial charge in [-0.25, -0.2) is 9.97 Å². The van der Waals surface area contributed by atoms with Crippen LogP contribution in [-0.2, 0) is 6.42 Å². The summed E-state index contributed by atoms with van der Waals surface area (Å²) in [4.78, 5) is 26.5. The average Bonchev–Trinajstić information content (AvgIpc) is 3.48. The summed E-state index contributed by atoms with van der Waals surface area (Å²) in [6, 6.07) is 6.51. The van der Waals surface area contributed by atoms with Crippen molar-refractivity contribution in [3.05, 3.63) is 40.3 Å². The summed E-state index contributed by atoms with van der Waals surface area (Å²) in [6.45, 7) is 5.91. The van der Waals surface area contributed by atoms with Crippen molar-refractivity contribution >= 4 is 38.8 Å². The Hall–Kier alpha value is -2.03. The molecule has 0 saturated carbocycles. The number of likely N-dealkylation sites (tertiary alicyclic amines) is 2. The van der Waals surface area contributed by atoms with Gasteiger partial charge in [0.05, 0.1) is 15.2 Å². The molecule has 0 spiro atoms. The Morgan fingerprint density at radius 1 is 1.16 bits per heavy atom. The average molecular weight is 457 g/mol. The lowest BCUT2D eigenvalue weighted by Crippen LogP contribution is -2.50. The molecule has 0 radical (unpaired) electrons. The van der Waals surface area contributed by atoms with E-state index in [4.69, 9.17) is 4.74 Å². The first-order valence-corrected chi connectivity index (χ1v) is 12.9. The summed E-state index contributed by atoms with van der Waals surface area (Å²) in [6.07, 6.45) is 7.20. The number of ether oxygens (including phenoxy) is 1. The number of hydrogen-bond donors (Lipinski definition) is 0. The Morgan fingerprint density at radius 2 is 1.97 bits per heavy atom. The Morgan fingerprint density at radius 3 is 2.68 bits per heavy atom. The molecule has 31 heavy (non-hydrogen) atoms. The van der Waals surface area contributed by atoms with Gasteiger partial charge in [0.2, 0.25) is 0 Å². The highest BCUT2D eigenvalue weighted by Crippen LogP contribution is 2.27. The van der Waals surface area contributed by atoms with Crippen LogP contribution < -0.4 is 4.74 Å². The van der Waals surface area contributed by atoms with Gasteiger partial charge in [0.25, 0.3) is 11.1 Å². The number of piperidine rings is 2. The normalized spacial score (nSPS) is 19.2. The zero-order valence-corrected chi connectivity index (χ0v) is 19.5. The van der Waals surface area contributed by atoms with Gasteiger partial charge in [0, 0.05) is 49.4 Å². The van der Waals surface area contributed by atoms with Crippen LogP contribution in [0.5, 0.6) is 5.19 Å². The minimum absolute atomic E-state index is 0.155. The lowest BCUT2D eigenvalue weighted by molar-refractivity contribution is 0.0425. The number of fused-ring (bicyclic) bond motifs is 1. The van der Waals surface area contributed by atoms with Crippen LogP contribution in [0.25, 0.3) is 10.2 Å². The van der Waals surface area contributed by atoms with Crippen molar-refractivity contribution in [2.75, 3.05) is 26.2 Å². The fourth-order valence-corrected chi connectivity index (χ4v) is 6.14. The van der Waals surface area contributed by atoms with Crippen LogP contribution in [0, 0.1) is 0 Å². The van der Waals surface area contributed by atoms with Gasteiger partial charge >= 0.3 is 0 Å². The van der Waals surface area contributed by atoms with Crippen LogP contribution in [0.4, 0.5) is 0 Å². The summed E-state index contributed by atoms with van der Waals surface area (Å²) in [5, 5.41) is 3.87. The number of carbonyl (C=O) groups excluding carboxylic acids is 1. The molecule has 0 N–H and O–H groups in total. The van der Waals surface area contributed by atoms with Crippen molar-refractivity contribution in [2.24, 2.45) is 0 Å². The Balaban J connectivity index is 1.13. The smallest absolute Gasteiger partial charge is 0.273 e. The monoisotopic (exact) mass is 456 g/mol. The van der Waals surface area contributed by atoms with Gasteiger partial charge < -0.3 is 9.64 Å². The Bertz CT molecular complexity index is 1020. The molecule has 6 nitrogen and oxygen atoms in total. The molecule has 3 aromatic rings. The molecule has 2 aliphatic heterocycles. The number of carbonyl (C=O) groups is 1.